The van der Waals surface area contributed by atoms with Crippen LogP contribution in [-0.4, -0.2) is 30.5 Å². The first-order valence-corrected chi connectivity index (χ1v) is 13.1. The molecule has 2 aromatic carbocycles. The third-order valence-corrected chi connectivity index (χ3v) is 7.82. The summed E-state index contributed by atoms with van der Waals surface area (Å²) in [5.41, 5.74) is 2.22. The van der Waals surface area contributed by atoms with Crippen LogP contribution in [0.2, 0.25) is 5.02 Å². The number of sulfonamides is 1. The van der Waals surface area contributed by atoms with Crippen molar-refractivity contribution in [2.75, 3.05) is 5.32 Å². The van der Waals surface area contributed by atoms with Gasteiger partial charge in [0.05, 0.1) is 21.4 Å². The Morgan fingerprint density at radius 2 is 1.74 bits per heavy atom. The molecule has 3 rings (SSSR count). The summed E-state index contributed by atoms with van der Waals surface area (Å²) in [6, 6.07) is 18.1. The minimum atomic E-state index is -3.97. The fraction of sp³-hybridized carbons (Fsp3) is 0.167. The van der Waals surface area contributed by atoms with E-state index < -0.39 is 21.2 Å². The van der Waals surface area contributed by atoms with E-state index in [-0.39, 0.29) is 10.8 Å². The number of hydrogen-bond donors (Lipinski definition) is 2. The van der Waals surface area contributed by atoms with Gasteiger partial charge >= 0.3 is 0 Å². The third-order valence-electron chi connectivity index (χ3n) is 4.75. The maximum Gasteiger partial charge on any atom is 0.264 e. The molecule has 0 fully saturated rings. The van der Waals surface area contributed by atoms with Crippen LogP contribution < -0.4 is 10.0 Å². The Morgan fingerprint density at radius 1 is 1.09 bits per heavy atom. The molecule has 0 aliphatic heterocycles. The molecule has 0 radical (unpaired) electrons. The molecule has 2 N–H and O–H groups in total. The fourth-order valence-electron chi connectivity index (χ4n) is 3.04. The van der Waals surface area contributed by atoms with Crippen LogP contribution in [0, 0.1) is 11.3 Å². The van der Waals surface area contributed by atoms with Crippen LogP contribution in [0.4, 0.5) is 5.69 Å². The predicted octanol–water partition coefficient (Wildman–Crippen LogP) is 4.61. The summed E-state index contributed by atoms with van der Waals surface area (Å²) in [6.07, 6.45) is 0.462. The number of amides is 2. The van der Waals surface area contributed by atoms with Gasteiger partial charge in [-0.2, -0.15) is 5.26 Å². The van der Waals surface area contributed by atoms with E-state index in [9.17, 15) is 23.3 Å². The van der Waals surface area contributed by atoms with Crippen LogP contribution in [0.25, 0.3) is 11.3 Å². The number of hydrogen-bond acceptors (Lipinski definition) is 7. The fourth-order valence-corrected chi connectivity index (χ4v) is 5.15. The molecule has 0 saturated heterocycles. The van der Waals surface area contributed by atoms with Crippen molar-refractivity contribution in [3.05, 3.63) is 71.2 Å². The van der Waals surface area contributed by atoms with E-state index in [1.807, 2.05) is 23.8 Å². The topological polar surface area (TPSA) is 129 Å². The van der Waals surface area contributed by atoms with Gasteiger partial charge in [-0.05, 0) is 55.0 Å². The number of carbonyl (C=O) groups is 2. The van der Waals surface area contributed by atoms with Gasteiger partial charge in [0.2, 0.25) is 11.8 Å². The van der Waals surface area contributed by atoms with Crippen molar-refractivity contribution in [3.63, 3.8) is 0 Å². The lowest BCUT2D eigenvalue weighted by Gasteiger charge is -2.16. The van der Waals surface area contributed by atoms with Crippen molar-refractivity contribution in [1.82, 2.24) is 9.71 Å². The highest BCUT2D eigenvalue weighted by molar-refractivity contribution is 8.00. The molecule has 0 spiro atoms. The number of pyridine rings is 1. The Kier molecular flexibility index (Phi) is 8.51. The highest BCUT2D eigenvalue weighted by Crippen LogP contribution is 2.31. The lowest BCUT2D eigenvalue weighted by atomic mass is 10.1. The van der Waals surface area contributed by atoms with E-state index in [4.69, 9.17) is 11.6 Å². The van der Waals surface area contributed by atoms with Crippen molar-refractivity contribution < 1.29 is 18.0 Å². The van der Waals surface area contributed by atoms with Crippen molar-refractivity contribution in [2.45, 2.75) is 35.4 Å². The molecular formula is C24H21ClN4O4S2. The standard InChI is InChI=1S/C24H21ClN4O4S2/c1-3-22(23(31)27-19-9-11-20(12-10-19)35(32,33)29-15(2)30)34-24-17(14-26)6-13-21(28-24)16-4-7-18(25)8-5-16/h4-13,22H,3H2,1-2H3,(H,27,31)(H,29,30). The molecule has 0 saturated carbocycles. The quantitative estimate of drug-likeness (QED) is 0.408. The third kappa shape index (κ3) is 6.82. The van der Waals surface area contributed by atoms with Crippen molar-refractivity contribution >= 4 is 50.9 Å². The zero-order chi connectivity index (χ0) is 25.6. The highest BCUT2D eigenvalue weighted by atomic mass is 35.5. The average Bonchev–Trinajstić information content (AvgIpc) is 2.82. The van der Waals surface area contributed by atoms with E-state index in [1.165, 1.54) is 36.0 Å². The average molecular weight is 529 g/mol. The second-order valence-corrected chi connectivity index (χ2v) is 10.7. The first-order chi connectivity index (χ1) is 16.6. The number of anilines is 1. The Balaban J connectivity index is 1.77. The number of thioether (sulfide) groups is 1. The van der Waals surface area contributed by atoms with Gasteiger partial charge in [-0.25, -0.2) is 18.1 Å². The Hall–Kier alpha value is -3.39. The molecule has 1 heterocycles. The molecule has 1 atom stereocenters. The number of halogens is 1. The van der Waals surface area contributed by atoms with Crippen LogP contribution in [0.15, 0.2) is 70.6 Å². The summed E-state index contributed by atoms with van der Waals surface area (Å²) in [6.45, 7) is 2.95. The number of rotatable bonds is 8. The second kappa shape index (κ2) is 11.4. The van der Waals surface area contributed by atoms with Crippen LogP contribution in [0.5, 0.6) is 0 Å². The molecule has 180 valence electrons. The molecule has 35 heavy (non-hydrogen) atoms. The van der Waals surface area contributed by atoms with Crippen LogP contribution in [0.1, 0.15) is 25.8 Å². The summed E-state index contributed by atoms with van der Waals surface area (Å²) in [5, 5.41) is 12.8. The summed E-state index contributed by atoms with van der Waals surface area (Å²) >= 11 is 7.14. The lowest BCUT2D eigenvalue weighted by Crippen LogP contribution is -2.28. The number of benzene rings is 2. The number of nitrogens with one attached hydrogen (secondary N) is 2. The number of aromatic nitrogens is 1. The minimum Gasteiger partial charge on any atom is -0.325 e. The van der Waals surface area contributed by atoms with E-state index >= 15 is 0 Å². The first kappa shape index (κ1) is 26.2. The van der Waals surface area contributed by atoms with Gasteiger partial charge in [-0.3, -0.25) is 9.59 Å². The molecule has 2 amide bonds. The van der Waals surface area contributed by atoms with Crippen molar-refractivity contribution in [3.8, 4) is 17.3 Å². The number of carbonyl (C=O) groups excluding carboxylic acids is 2. The van der Waals surface area contributed by atoms with Gasteiger partial charge in [0.1, 0.15) is 11.1 Å². The number of nitriles is 1. The molecule has 1 unspecified atom stereocenters. The maximum atomic E-state index is 12.9. The van der Waals surface area contributed by atoms with E-state index in [0.29, 0.717) is 33.4 Å². The van der Waals surface area contributed by atoms with Crippen LogP contribution in [-0.2, 0) is 19.6 Å². The maximum absolute atomic E-state index is 12.9. The monoisotopic (exact) mass is 528 g/mol. The molecule has 0 aliphatic carbocycles. The molecule has 0 aliphatic rings. The summed E-state index contributed by atoms with van der Waals surface area (Å²) in [4.78, 5) is 28.5. The van der Waals surface area contributed by atoms with Crippen molar-refractivity contribution in [1.29, 1.82) is 5.26 Å². The zero-order valence-electron chi connectivity index (χ0n) is 18.8. The second-order valence-electron chi connectivity index (χ2n) is 7.36. The largest absolute Gasteiger partial charge is 0.325 e. The Bertz CT molecular complexity index is 1390. The lowest BCUT2D eigenvalue weighted by molar-refractivity contribution is -0.117. The summed E-state index contributed by atoms with van der Waals surface area (Å²) < 4.78 is 26.0. The Morgan fingerprint density at radius 3 is 2.31 bits per heavy atom. The zero-order valence-corrected chi connectivity index (χ0v) is 21.2. The molecule has 1 aromatic heterocycles. The Labute approximate surface area is 212 Å². The minimum absolute atomic E-state index is 0.103. The smallest absolute Gasteiger partial charge is 0.264 e. The van der Waals surface area contributed by atoms with Crippen LogP contribution >= 0.6 is 23.4 Å². The highest BCUT2D eigenvalue weighted by Gasteiger charge is 2.22. The van der Waals surface area contributed by atoms with Gasteiger partial charge in [-0.1, -0.05) is 42.4 Å². The first-order valence-electron chi connectivity index (χ1n) is 10.4. The van der Waals surface area contributed by atoms with Gasteiger partial charge in [0.25, 0.3) is 10.0 Å². The van der Waals surface area contributed by atoms with E-state index in [0.717, 1.165) is 12.5 Å². The predicted molar refractivity (Wildman–Crippen MR) is 135 cm³/mol. The van der Waals surface area contributed by atoms with Gasteiger partial charge in [0.15, 0.2) is 0 Å². The van der Waals surface area contributed by atoms with Gasteiger partial charge < -0.3 is 5.32 Å². The van der Waals surface area contributed by atoms with Crippen LogP contribution in [0.3, 0.4) is 0 Å². The molecule has 11 heteroatoms. The van der Waals surface area contributed by atoms with E-state index in [2.05, 4.69) is 16.4 Å². The summed E-state index contributed by atoms with van der Waals surface area (Å²) in [7, 11) is -3.97. The van der Waals surface area contributed by atoms with Gasteiger partial charge in [0, 0.05) is 23.2 Å². The normalized spacial score (nSPS) is 11.8. The van der Waals surface area contributed by atoms with E-state index in [1.54, 1.807) is 24.3 Å². The summed E-state index contributed by atoms with van der Waals surface area (Å²) in [5.74, 6) is -1.02. The molecule has 3 aromatic rings. The number of nitrogens with zero attached hydrogens (tertiary/aromatic N) is 2. The van der Waals surface area contributed by atoms with Gasteiger partial charge in [-0.15, -0.1) is 0 Å². The molecular weight excluding hydrogens is 508 g/mol. The molecule has 0 bridgehead atoms. The van der Waals surface area contributed by atoms with Crippen molar-refractivity contribution in [2.24, 2.45) is 0 Å². The SMILES string of the molecule is CCC(Sc1nc(-c2ccc(Cl)cc2)ccc1C#N)C(=O)Nc1ccc(S(=O)(=O)NC(C)=O)cc1. The molecule has 8 nitrogen and oxygen atoms in total.